The van der Waals surface area contributed by atoms with Crippen LogP contribution in [0.4, 0.5) is 5.69 Å². The third-order valence-corrected chi connectivity index (χ3v) is 3.13. The highest BCUT2D eigenvalue weighted by Crippen LogP contribution is 2.12. The van der Waals surface area contributed by atoms with Crippen LogP contribution < -0.4 is 5.32 Å². The molecule has 118 valence electrons. The van der Waals surface area contributed by atoms with E-state index in [-0.39, 0.29) is 23.9 Å². The molecule has 1 amide bonds. The Bertz CT molecular complexity index is 735. The fraction of sp³-hybridized carbons (Fsp3) is 0.167. The lowest BCUT2D eigenvalue weighted by Gasteiger charge is -2.07. The number of carbonyl (C=O) groups excluding carboxylic acids is 3. The molecule has 0 saturated carbocycles. The number of benzene rings is 2. The van der Waals surface area contributed by atoms with E-state index < -0.39 is 5.97 Å². The van der Waals surface area contributed by atoms with Gasteiger partial charge in [-0.3, -0.25) is 9.59 Å². The number of ether oxygens (including phenoxy) is 1. The molecule has 5 heteroatoms. The number of aryl methyl sites for hydroxylation is 1. The Kier molecular flexibility index (Phi) is 5.25. The molecule has 0 spiro atoms. The first-order valence-electron chi connectivity index (χ1n) is 7.10. The zero-order valence-corrected chi connectivity index (χ0v) is 13.0. The van der Waals surface area contributed by atoms with Crippen LogP contribution in [0, 0.1) is 6.92 Å². The summed E-state index contributed by atoms with van der Waals surface area (Å²) in [5.74, 6) is -1.11. The highest BCUT2D eigenvalue weighted by molar-refractivity contribution is 5.99. The molecule has 0 radical (unpaired) electrons. The highest BCUT2D eigenvalue weighted by atomic mass is 16.5. The number of hydrogen-bond acceptors (Lipinski definition) is 4. The number of rotatable bonds is 5. The van der Waals surface area contributed by atoms with Crippen LogP contribution in [-0.4, -0.2) is 24.3 Å². The van der Waals surface area contributed by atoms with Gasteiger partial charge in [0.05, 0.1) is 5.56 Å². The van der Waals surface area contributed by atoms with E-state index in [0.717, 1.165) is 5.56 Å². The van der Waals surface area contributed by atoms with E-state index in [9.17, 15) is 14.4 Å². The third-order valence-electron chi connectivity index (χ3n) is 3.13. The molecule has 0 aliphatic carbocycles. The van der Waals surface area contributed by atoms with Gasteiger partial charge in [-0.25, -0.2) is 4.79 Å². The lowest BCUT2D eigenvalue weighted by Crippen LogP contribution is -2.14. The molecule has 2 aromatic carbocycles. The maximum absolute atomic E-state index is 12.0. The minimum Gasteiger partial charge on any atom is -0.454 e. The Hall–Kier alpha value is -2.95. The molecule has 0 aliphatic rings. The number of anilines is 1. The summed E-state index contributed by atoms with van der Waals surface area (Å²) in [6.07, 6.45) is 0. The molecule has 23 heavy (non-hydrogen) atoms. The summed E-state index contributed by atoms with van der Waals surface area (Å²) in [7, 11) is 0. The van der Waals surface area contributed by atoms with Crippen molar-refractivity contribution in [2.45, 2.75) is 13.8 Å². The molecule has 0 heterocycles. The zero-order valence-electron chi connectivity index (χ0n) is 13.0. The van der Waals surface area contributed by atoms with Crippen LogP contribution >= 0.6 is 0 Å². The summed E-state index contributed by atoms with van der Waals surface area (Å²) in [4.78, 5) is 35.0. The fourth-order valence-electron chi connectivity index (χ4n) is 1.96. The number of carbonyl (C=O) groups is 3. The van der Waals surface area contributed by atoms with Gasteiger partial charge in [0.15, 0.2) is 12.4 Å². The highest BCUT2D eigenvalue weighted by Gasteiger charge is 2.12. The average molecular weight is 311 g/mol. The van der Waals surface area contributed by atoms with E-state index in [1.807, 2.05) is 19.1 Å². The minimum absolute atomic E-state index is 0.231. The lowest BCUT2D eigenvalue weighted by molar-refractivity contribution is -0.114. The molecule has 2 aromatic rings. The van der Waals surface area contributed by atoms with Crippen LogP contribution in [-0.2, 0) is 9.53 Å². The van der Waals surface area contributed by atoms with Crippen LogP contribution in [0.3, 0.4) is 0 Å². The molecule has 5 nitrogen and oxygen atoms in total. The van der Waals surface area contributed by atoms with E-state index in [1.54, 1.807) is 30.3 Å². The maximum Gasteiger partial charge on any atom is 0.338 e. The fourth-order valence-corrected chi connectivity index (χ4v) is 1.96. The predicted octanol–water partition coefficient (Wildman–Crippen LogP) is 2.99. The van der Waals surface area contributed by atoms with Crippen molar-refractivity contribution in [1.82, 2.24) is 0 Å². The van der Waals surface area contributed by atoms with Crippen molar-refractivity contribution < 1.29 is 19.1 Å². The lowest BCUT2D eigenvalue weighted by atomic mass is 10.1. The number of Topliss-reactive ketones (excluding diaryl/α,β-unsaturated/α-hetero) is 1. The molecule has 0 bridgehead atoms. The first-order chi connectivity index (χ1) is 11.0. The Balaban J connectivity index is 1.98. The molecule has 0 aliphatic heterocycles. The Morgan fingerprint density at radius 3 is 2.35 bits per heavy atom. The van der Waals surface area contributed by atoms with Crippen molar-refractivity contribution in [2.75, 3.05) is 11.9 Å². The van der Waals surface area contributed by atoms with Gasteiger partial charge in [-0.15, -0.1) is 0 Å². The first kappa shape index (κ1) is 16.4. The molecule has 2 rings (SSSR count). The smallest absolute Gasteiger partial charge is 0.338 e. The quantitative estimate of drug-likeness (QED) is 0.680. The summed E-state index contributed by atoms with van der Waals surface area (Å²) in [6.45, 7) is 2.98. The van der Waals surface area contributed by atoms with E-state index in [0.29, 0.717) is 11.3 Å². The molecular weight excluding hydrogens is 294 g/mol. The molecule has 0 atom stereocenters. The van der Waals surface area contributed by atoms with E-state index >= 15 is 0 Å². The second kappa shape index (κ2) is 7.35. The summed E-state index contributed by atoms with van der Waals surface area (Å²) in [6, 6.07) is 13.4. The summed E-state index contributed by atoms with van der Waals surface area (Å²) in [5, 5.41) is 2.58. The van der Waals surface area contributed by atoms with E-state index in [2.05, 4.69) is 5.32 Å². The predicted molar refractivity (Wildman–Crippen MR) is 86.5 cm³/mol. The van der Waals surface area contributed by atoms with Crippen LogP contribution in [0.15, 0.2) is 48.5 Å². The number of esters is 1. The monoisotopic (exact) mass is 311 g/mol. The van der Waals surface area contributed by atoms with Crippen molar-refractivity contribution in [3.8, 4) is 0 Å². The molecule has 0 saturated heterocycles. The number of hydrogen-bond donors (Lipinski definition) is 1. The van der Waals surface area contributed by atoms with Crippen molar-refractivity contribution in [3.63, 3.8) is 0 Å². The second-order valence-electron chi connectivity index (χ2n) is 5.13. The van der Waals surface area contributed by atoms with Gasteiger partial charge < -0.3 is 10.1 Å². The van der Waals surface area contributed by atoms with Crippen molar-refractivity contribution in [3.05, 3.63) is 65.2 Å². The Morgan fingerprint density at radius 2 is 1.70 bits per heavy atom. The standard InChI is InChI=1S/C18H17NO4/c1-12-6-8-14(9-7-12)17(21)11-23-18(22)15-4-3-5-16(10-15)19-13(2)20/h3-10H,11H2,1-2H3,(H,19,20). The molecule has 0 unspecified atom stereocenters. The van der Waals surface area contributed by atoms with Gasteiger partial charge in [0.2, 0.25) is 5.91 Å². The van der Waals surface area contributed by atoms with E-state index in [1.165, 1.54) is 13.0 Å². The molecular formula is C18H17NO4. The van der Waals surface area contributed by atoms with Crippen molar-refractivity contribution in [1.29, 1.82) is 0 Å². The SMILES string of the molecule is CC(=O)Nc1cccc(C(=O)OCC(=O)c2ccc(C)cc2)c1. The summed E-state index contributed by atoms with van der Waals surface area (Å²) in [5.41, 5.74) is 2.31. The largest absolute Gasteiger partial charge is 0.454 e. The van der Waals surface area contributed by atoms with E-state index in [4.69, 9.17) is 4.74 Å². The summed E-state index contributed by atoms with van der Waals surface area (Å²) < 4.78 is 5.03. The van der Waals surface area contributed by atoms with Crippen LogP contribution in [0.25, 0.3) is 0 Å². The number of nitrogens with one attached hydrogen (secondary N) is 1. The summed E-state index contributed by atoms with van der Waals surface area (Å²) >= 11 is 0. The van der Waals surface area contributed by atoms with Gasteiger partial charge >= 0.3 is 5.97 Å². The van der Waals surface area contributed by atoms with Crippen LogP contribution in [0.2, 0.25) is 0 Å². The third kappa shape index (κ3) is 4.78. The van der Waals surface area contributed by atoms with Gasteiger partial charge in [-0.05, 0) is 25.1 Å². The zero-order chi connectivity index (χ0) is 16.8. The number of ketones is 1. The Morgan fingerprint density at radius 1 is 1.00 bits per heavy atom. The second-order valence-corrected chi connectivity index (χ2v) is 5.13. The van der Waals surface area contributed by atoms with Gasteiger partial charge in [0.1, 0.15) is 0 Å². The molecule has 1 N–H and O–H groups in total. The minimum atomic E-state index is -0.613. The van der Waals surface area contributed by atoms with Crippen LogP contribution in [0.5, 0.6) is 0 Å². The molecule has 0 aromatic heterocycles. The first-order valence-corrected chi connectivity index (χ1v) is 7.10. The normalized spacial score (nSPS) is 10.0. The Labute approximate surface area is 134 Å². The topological polar surface area (TPSA) is 72.5 Å². The van der Waals surface area contributed by atoms with Crippen LogP contribution in [0.1, 0.15) is 33.2 Å². The van der Waals surface area contributed by atoms with Gasteiger partial charge in [-0.2, -0.15) is 0 Å². The number of amides is 1. The van der Waals surface area contributed by atoms with Gasteiger partial charge in [0.25, 0.3) is 0 Å². The van der Waals surface area contributed by atoms with Crippen molar-refractivity contribution >= 4 is 23.3 Å². The van der Waals surface area contributed by atoms with Gasteiger partial charge in [-0.1, -0.05) is 35.9 Å². The molecule has 0 fully saturated rings. The van der Waals surface area contributed by atoms with Gasteiger partial charge in [0, 0.05) is 18.2 Å². The van der Waals surface area contributed by atoms with Crippen molar-refractivity contribution in [2.24, 2.45) is 0 Å². The maximum atomic E-state index is 12.0. The average Bonchev–Trinajstić information content (AvgIpc) is 2.52.